The molecule has 82 valence electrons. The van der Waals surface area contributed by atoms with Crippen molar-refractivity contribution in [2.75, 3.05) is 19.6 Å². The van der Waals surface area contributed by atoms with Crippen LogP contribution in [0.3, 0.4) is 0 Å². The highest BCUT2D eigenvalue weighted by atomic mass is 16.2. The number of carbonyl (C=O) groups excluding carboxylic acids is 1. The van der Waals surface area contributed by atoms with Crippen LogP contribution >= 0.6 is 0 Å². The number of aromatic nitrogens is 2. The standard InChI is InChI=1S/C10H16N4O/c1-8-5-11-3-4-14(8)10(15)9-6-12-13(2)7-9/h6-8,11H,3-5H2,1-2H3/t8-/m0/s1. The summed E-state index contributed by atoms with van der Waals surface area (Å²) in [5.74, 6) is 0.0806. The first kappa shape index (κ1) is 10.2. The molecule has 0 aliphatic carbocycles. The number of piperazine rings is 1. The average molecular weight is 208 g/mol. The lowest BCUT2D eigenvalue weighted by molar-refractivity contribution is 0.0655. The molecule has 0 unspecified atom stereocenters. The van der Waals surface area contributed by atoms with Crippen LogP contribution in [0.1, 0.15) is 17.3 Å². The van der Waals surface area contributed by atoms with Gasteiger partial charge in [0.25, 0.3) is 5.91 Å². The van der Waals surface area contributed by atoms with Gasteiger partial charge < -0.3 is 10.2 Å². The van der Waals surface area contributed by atoms with Crippen LogP contribution in [0.2, 0.25) is 0 Å². The molecule has 1 aliphatic heterocycles. The van der Waals surface area contributed by atoms with Crippen LogP contribution in [0.5, 0.6) is 0 Å². The Morgan fingerprint density at radius 3 is 3.07 bits per heavy atom. The van der Waals surface area contributed by atoms with Gasteiger partial charge in [0.05, 0.1) is 11.8 Å². The van der Waals surface area contributed by atoms with E-state index in [1.807, 2.05) is 11.9 Å². The van der Waals surface area contributed by atoms with Crippen molar-refractivity contribution in [3.05, 3.63) is 18.0 Å². The molecular weight excluding hydrogens is 192 g/mol. The van der Waals surface area contributed by atoms with Crippen LogP contribution in [-0.2, 0) is 7.05 Å². The van der Waals surface area contributed by atoms with Gasteiger partial charge in [-0.05, 0) is 6.92 Å². The Bertz CT molecular complexity index is 360. The summed E-state index contributed by atoms with van der Waals surface area (Å²) in [6.45, 7) is 4.57. The van der Waals surface area contributed by atoms with Crippen molar-refractivity contribution < 1.29 is 4.79 Å². The van der Waals surface area contributed by atoms with E-state index in [-0.39, 0.29) is 11.9 Å². The summed E-state index contributed by atoms with van der Waals surface area (Å²) in [4.78, 5) is 14.0. The predicted octanol–water partition coefficient (Wildman–Crippen LogP) is -0.146. The number of aryl methyl sites for hydroxylation is 1. The van der Waals surface area contributed by atoms with E-state index in [9.17, 15) is 4.79 Å². The molecule has 1 saturated heterocycles. The third-order valence-corrected chi connectivity index (χ3v) is 2.71. The highest BCUT2D eigenvalue weighted by Crippen LogP contribution is 2.09. The molecule has 5 nitrogen and oxygen atoms in total. The lowest BCUT2D eigenvalue weighted by atomic mass is 10.2. The molecule has 1 amide bonds. The normalized spacial score (nSPS) is 21.7. The molecule has 1 atom stereocenters. The summed E-state index contributed by atoms with van der Waals surface area (Å²) in [6.07, 6.45) is 3.38. The molecule has 0 spiro atoms. The summed E-state index contributed by atoms with van der Waals surface area (Å²) in [5, 5.41) is 7.27. The van der Waals surface area contributed by atoms with Crippen molar-refractivity contribution in [3.8, 4) is 0 Å². The molecule has 1 fully saturated rings. The summed E-state index contributed by atoms with van der Waals surface area (Å²) in [5.41, 5.74) is 0.672. The van der Waals surface area contributed by atoms with Gasteiger partial charge in [0.15, 0.2) is 0 Å². The van der Waals surface area contributed by atoms with Gasteiger partial charge >= 0.3 is 0 Å². The molecule has 2 heterocycles. The first-order chi connectivity index (χ1) is 7.18. The fraction of sp³-hybridized carbons (Fsp3) is 0.600. The minimum absolute atomic E-state index is 0.0806. The van der Waals surface area contributed by atoms with Gasteiger partial charge in [0, 0.05) is 38.9 Å². The monoisotopic (exact) mass is 208 g/mol. The summed E-state index contributed by atoms with van der Waals surface area (Å²) in [6, 6.07) is 0.256. The van der Waals surface area contributed by atoms with Crippen LogP contribution in [0.4, 0.5) is 0 Å². The first-order valence-electron chi connectivity index (χ1n) is 5.19. The number of rotatable bonds is 1. The van der Waals surface area contributed by atoms with Gasteiger partial charge in [-0.25, -0.2) is 0 Å². The third kappa shape index (κ3) is 2.02. The molecule has 5 heteroatoms. The Labute approximate surface area is 89.1 Å². The minimum Gasteiger partial charge on any atom is -0.333 e. The highest BCUT2D eigenvalue weighted by molar-refractivity contribution is 5.94. The zero-order valence-corrected chi connectivity index (χ0v) is 9.10. The Balaban J connectivity index is 2.13. The predicted molar refractivity (Wildman–Crippen MR) is 56.6 cm³/mol. The van der Waals surface area contributed by atoms with Gasteiger partial charge in [-0.1, -0.05) is 0 Å². The molecule has 0 saturated carbocycles. The van der Waals surface area contributed by atoms with Gasteiger partial charge in [0.1, 0.15) is 0 Å². The fourth-order valence-electron chi connectivity index (χ4n) is 1.84. The maximum absolute atomic E-state index is 12.1. The summed E-state index contributed by atoms with van der Waals surface area (Å²) < 4.78 is 1.65. The second-order valence-electron chi connectivity index (χ2n) is 3.95. The largest absolute Gasteiger partial charge is 0.333 e. The van der Waals surface area contributed by atoms with Gasteiger partial charge in [-0.15, -0.1) is 0 Å². The Hall–Kier alpha value is -1.36. The van der Waals surface area contributed by atoms with Crippen LogP contribution in [0.15, 0.2) is 12.4 Å². The van der Waals surface area contributed by atoms with E-state index in [0.717, 1.165) is 19.6 Å². The molecule has 2 rings (SSSR count). The molecule has 15 heavy (non-hydrogen) atoms. The van der Waals surface area contributed by atoms with E-state index in [2.05, 4.69) is 17.3 Å². The van der Waals surface area contributed by atoms with Crippen LogP contribution in [-0.4, -0.2) is 46.3 Å². The van der Waals surface area contributed by atoms with E-state index in [0.29, 0.717) is 5.56 Å². The van der Waals surface area contributed by atoms with Crippen molar-refractivity contribution in [3.63, 3.8) is 0 Å². The molecule has 0 radical (unpaired) electrons. The van der Waals surface area contributed by atoms with Crippen molar-refractivity contribution >= 4 is 5.91 Å². The second kappa shape index (κ2) is 4.02. The maximum Gasteiger partial charge on any atom is 0.257 e. The maximum atomic E-state index is 12.1. The summed E-state index contributed by atoms with van der Waals surface area (Å²) in [7, 11) is 1.82. The molecular formula is C10H16N4O. The van der Waals surface area contributed by atoms with Crippen molar-refractivity contribution in [1.82, 2.24) is 20.0 Å². The zero-order valence-electron chi connectivity index (χ0n) is 9.10. The third-order valence-electron chi connectivity index (χ3n) is 2.71. The molecule has 0 aromatic carbocycles. The van der Waals surface area contributed by atoms with Crippen LogP contribution in [0, 0.1) is 0 Å². The van der Waals surface area contributed by atoms with Crippen molar-refractivity contribution in [2.24, 2.45) is 7.05 Å². The van der Waals surface area contributed by atoms with E-state index in [1.54, 1.807) is 17.1 Å². The second-order valence-corrected chi connectivity index (χ2v) is 3.95. The highest BCUT2D eigenvalue weighted by Gasteiger charge is 2.24. The average Bonchev–Trinajstić information content (AvgIpc) is 2.65. The number of carbonyl (C=O) groups is 1. The molecule has 1 N–H and O–H groups in total. The van der Waals surface area contributed by atoms with E-state index < -0.39 is 0 Å². The quantitative estimate of drug-likeness (QED) is 0.698. The smallest absolute Gasteiger partial charge is 0.257 e. The van der Waals surface area contributed by atoms with Gasteiger partial charge in [-0.2, -0.15) is 5.10 Å². The SMILES string of the molecule is C[C@H]1CNCCN1C(=O)c1cnn(C)c1. The number of amides is 1. The van der Waals surface area contributed by atoms with E-state index >= 15 is 0 Å². The lowest BCUT2D eigenvalue weighted by Crippen LogP contribution is -2.52. The first-order valence-corrected chi connectivity index (χ1v) is 5.19. The Morgan fingerprint density at radius 2 is 2.47 bits per heavy atom. The van der Waals surface area contributed by atoms with Crippen molar-refractivity contribution in [2.45, 2.75) is 13.0 Å². The Kier molecular flexibility index (Phi) is 2.73. The Morgan fingerprint density at radius 1 is 1.67 bits per heavy atom. The molecule has 1 aliphatic rings. The van der Waals surface area contributed by atoms with Gasteiger partial charge in [0.2, 0.25) is 0 Å². The lowest BCUT2D eigenvalue weighted by Gasteiger charge is -2.33. The zero-order chi connectivity index (χ0) is 10.8. The molecule has 1 aromatic heterocycles. The number of nitrogens with zero attached hydrogens (tertiary/aromatic N) is 3. The number of nitrogens with one attached hydrogen (secondary N) is 1. The van der Waals surface area contributed by atoms with Crippen LogP contribution < -0.4 is 5.32 Å². The molecule has 0 bridgehead atoms. The van der Waals surface area contributed by atoms with Crippen molar-refractivity contribution in [1.29, 1.82) is 0 Å². The van der Waals surface area contributed by atoms with E-state index in [4.69, 9.17) is 0 Å². The number of hydrogen-bond acceptors (Lipinski definition) is 3. The van der Waals surface area contributed by atoms with Gasteiger partial charge in [-0.3, -0.25) is 9.48 Å². The van der Waals surface area contributed by atoms with Crippen LogP contribution in [0.25, 0.3) is 0 Å². The number of hydrogen-bond donors (Lipinski definition) is 1. The fourth-order valence-corrected chi connectivity index (χ4v) is 1.84. The molecule has 1 aromatic rings. The minimum atomic E-state index is 0.0806. The summed E-state index contributed by atoms with van der Waals surface area (Å²) >= 11 is 0. The topological polar surface area (TPSA) is 50.2 Å². The van der Waals surface area contributed by atoms with E-state index in [1.165, 1.54) is 0 Å².